The lowest BCUT2D eigenvalue weighted by molar-refractivity contribution is 0.677. The van der Waals surface area contributed by atoms with E-state index in [-0.39, 0.29) is 0 Å². The zero-order valence-electron chi connectivity index (χ0n) is 12.0. The van der Waals surface area contributed by atoms with E-state index in [2.05, 4.69) is 50.8 Å². The van der Waals surface area contributed by atoms with Crippen LogP contribution < -0.4 is 5.32 Å². The lowest BCUT2D eigenvalue weighted by atomic mass is 10.0. The highest BCUT2D eigenvalue weighted by molar-refractivity contribution is 7.18. The van der Waals surface area contributed by atoms with Crippen molar-refractivity contribution in [3.8, 4) is 10.7 Å². The van der Waals surface area contributed by atoms with E-state index in [1.165, 1.54) is 18.4 Å². The van der Waals surface area contributed by atoms with Gasteiger partial charge in [0, 0.05) is 6.20 Å². The second kappa shape index (κ2) is 5.85. The molecule has 5 heteroatoms. The van der Waals surface area contributed by atoms with Crippen molar-refractivity contribution >= 4 is 16.5 Å². The number of anilines is 1. The summed E-state index contributed by atoms with van der Waals surface area (Å²) in [6.45, 7) is 0. The summed E-state index contributed by atoms with van der Waals surface area (Å²) < 4.78 is 0. The first kappa shape index (κ1) is 13.4. The SMILES string of the molecule is c1ccc(C(Nc2nnc(-c3ccccn3)s2)C2CC2)cc1. The van der Waals surface area contributed by atoms with Gasteiger partial charge in [-0.15, -0.1) is 10.2 Å². The molecule has 2 aromatic heterocycles. The number of hydrogen-bond acceptors (Lipinski definition) is 5. The molecular weight excluding hydrogens is 292 g/mol. The molecule has 1 fully saturated rings. The molecule has 1 N–H and O–H groups in total. The zero-order valence-corrected chi connectivity index (χ0v) is 12.8. The fourth-order valence-corrected chi connectivity index (χ4v) is 3.33. The van der Waals surface area contributed by atoms with Crippen molar-refractivity contribution in [3.63, 3.8) is 0 Å². The first-order chi connectivity index (χ1) is 10.9. The molecule has 3 aromatic rings. The fourth-order valence-electron chi connectivity index (χ4n) is 2.57. The van der Waals surface area contributed by atoms with E-state index < -0.39 is 0 Å². The minimum atomic E-state index is 0.325. The maximum Gasteiger partial charge on any atom is 0.206 e. The lowest BCUT2D eigenvalue weighted by Crippen LogP contribution is -2.12. The van der Waals surface area contributed by atoms with E-state index in [1.807, 2.05) is 18.2 Å². The molecule has 1 unspecified atom stereocenters. The molecule has 2 heterocycles. The van der Waals surface area contributed by atoms with Crippen molar-refractivity contribution in [2.75, 3.05) is 5.32 Å². The van der Waals surface area contributed by atoms with E-state index in [0.717, 1.165) is 15.8 Å². The second-order valence-corrected chi connectivity index (χ2v) is 6.47. The number of hydrogen-bond donors (Lipinski definition) is 1. The molecule has 0 spiro atoms. The van der Waals surface area contributed by atoms with Crippen molar-refractivity contribution in [1.82, 2.24) is 15.2 Å². The van der Waals surface area contributed by atoms with E-state index in [1.54, 1.807) is 17.5 Å². The van der Waals surface area contributed by atoms with Gasteiger partial charge in [-0.1, -0.05) is 47.7 Å². The molecule has 0 saturated heterocycles. The van der Waals surface area contributed by atoms with Crippen molar-refractivity contribution in [3.05, 3.63) is 60.3 Å². The van der Waals surface area contributed by atoms with E-state index in [9.17, 15) is 0 Å². The van der Waals surface area contributed by atoms with Gasteiger partial charge in [-0.3, -0.25) is 4.98 Å². The van der Waals surface area contributed by atoms with Crippen molar-refractivity contribution in [2.24, 2.45) is 5.92 Å². The van der Waals surface area contributed by atoms with Crippen LogP contribution in [-0.4, -0.2) is 15.2 Å². The summed E-state index contributed by atoms with van der Waals surface area (Å²) in [6, 6.07) is 16.7. The Morgan fingerprint density at radius 3 is 2.55 bits per heavy atom. The van der Waals surface area contributed by atoms with Gasteiger partial charge in [-0.2, -0.15) is 0 Å². The monoisotopic (exact) mass is 308 g/mol. The Kier molecular flexibility index (Phi) is 3.56. The maximum atomic E-state index is 4.33. The molecule has 4 nitrogen and oxygen atoms in total. The summed E-state index contributed by atoms with van der Waals surface area (Å²) >= 11 is 1.56. The largest absolute Gasteiger partial charge is 0.353 e. The van der Waals surface area contributed by atoms with Crippen molar-refractivity contribution in [2.45, 2.75) is 18.9 Å². The first-order valence-electron chi connectivity index (χ1n) is 7.46. The van der Waals surface area contributed by atoms with Crippen LogP contribution in [0.15, 0.2) is 54.7 Å². The lowest BCUT2D eigenvalue weighted by Gasteiger charge is -2.17. The topological polar surface area (TPSA) is 50.7 Å². The van der Waals surface area contributed by atoms with Gasteiger partial charge >= 0.3 is 0 Å². The summed E-state index contributed by atoms with van der Waals surface area (Å²) in [5.74, 6) is 0.699. The average Bonchev–Trinajstić information content (AvgIpc) is 3.32. The van der Waals surface area contributed by atoms with Gasteiger partial charge in [0.1, 0.15) is 5.69 Å². The molecule has 4 rings (SSSR count). The molecule has 22 heavy (non-hydrogen) atoms. The van der Waals surface area contributed by atoms with Crippen molar-refractivity contribution < 1.29 is 0 Å². The average molecular weight is 308 g/mol. The summed E-state index contributed by atoms with van der Waals surface area (Å²) in [5, 5.41) is 13.8. The highest BCUT2D eigenvalue weighted by Gasteiger charge is 2.32. The Balaban J connectivity index is 1.56. The third kappa shape index (κ3) is 2.85. The van der Waals surface area contributed by atoms with Crippen LogP contribution in [0.25, 0.3) is 10.7 Å². The van der Waals surface area contributed by atoms with E-state index in [4.69, 9.17) is 0 Å². The predicted molar refractivity (Wildman–Crippen MR) is 88.7 cm³/mol. The Bertz CT molecular complexity index is 738. The van der Waals surface area contributed by atoms with Crippen LogP contribution >= 0.6 is 11.3 Å². The highest BCUT2D eigenvalue weighted by Crippen LogP contribution is 2.43. The number of pyridine rings is 1. The molecule has 1 atom stereocenters. The number of aromatic nitrogens is 3. The molecule has 1 saturated carbocycles. The van der Waals surface area contributed by atoms with Crippen LogP contribution in [0.3, 0.4) is 0 Å². The Hall–Kier alpha value is -2.27. The molecule has 1 aliphatic rings. The van der Waals surface area contributed by atoms with Crippen LogP contribution in [-0.2, 0) is 0 Å². The normalized spacial score (nSPS) is 15.5. The Morgan fingerprint density at radius 2 is 1.82 bits per heavy atom. The van der Waals surface area contributed by atoms with Gasteiger partial charge in [0.2, 0.25) is 5.13 Å². The van der Waals surface area contributed by atoms with Crippen LogP contribution in [0.4, 0.5) is 5.13 Å². The highest BCUT2D eigenvalue weighted by atomic mass is 32.1. The van der Waals surface area contributed by atoms with Gasteiger partial charge < -0.3 is 5.32 Å². The standard InChI is InChI=1S/C17H16N4S/c1-2-6-12(7-3-1)15(13-9-10-13)19-17-21-20-16(22-17)14-8-4-5-11-18-14/h1-8,11,13,15H,9-10H2,(H,19,21). The molecule has 110 valence electrons. The third-order valence-corrected chi connectivity index (χ3v) is 4.72. The smallest absolute Gasteiger partial charge is 0.206 e. The van der Waals surface area contributed by atoms with Crippen LogP contribution in [0.2, 0.25) is 0 Å². The Morgan fingerprint density at radius 1 is 1.00 bits per heavy atom. The van der Waals surface area contributed by atoms with Gasteiger partial charge in [0.05, 0.1) is 6.04 Å². The Labute approximate surface area is 133 Å². The van der Waals surface area contributed by atoms with E-state index in [0.29, 0.717) is 12.0 Å². The first-order valence-corrected chi connectivity index (χ1v) is 8.28. The molecule has 1 aliphatic carbocycles. The third-order valence-electron chi connectivity index (χ3n) is 3.84. The van der Waals surface area contributed by atoms with Gasteiger partial charge in [-0.05, 0) is 36.5 Å². The second-order valence-electron chi connectivity index (χ2n) is 5.50. The fraction of sp³-hybridized carbons (Fsp3) is 0.235. The van der Waals surface area contributed by atoms with Gasteiger partial charge in [-0.25, -0.2) is 0 Å². The maximum absolute atomic E-state index is 4.33. The molecule has 0 bridgehead atoms. The summed E-state index contributed by atoms with van der Waals surface area (Å²) in [4.78, 5) is 4.33. The molecule has 0 radical (unpaired) electrons. The molecular formula is C17H16N4S. The number of nitrogens with zero attached hydrogens (tertiary/aromatic N) is 3. The quantitative estimate of drug-likeness (QED) is 0.769. The zero-order chi connectivity index (χ0) is 14.8. The van der Waals surface area contributed by atoms with E-state index >= 15 is 0 Å². The summed E-state index contributed by atoms with van der Waals surface area (Å²) in [5.41, 5.74) is 2.19. The summed E-state index contributed by atoms with van der Waals surface area (Å²) in [7, 11) is 0. The minimum Gasteiger partial charge on any atom is -0.353 e. The summed E-state index contributed by atoms with van der Waals surface area (Å²) in [6.07, 6.45) is 4.33. The van der Waals surface area contributed by atoms with Crippen LogP contribution in [0.5, 0.6) is 0 Å². The van der Waals surface area contributed by atoms with Crippen molar-refractivity contribution in [1.29, 1.82) is 0 Å². The number of rotatable bonds is 5. The number of benzene rings is 1. The molecule has 0 aliphatic heterocycles. The van der Waals surface area contributed by atoms with Gasteiger partial charge in [0.15, 0.2) is 5.01 Å². The molecule has 1 aromatic carbocycles. The van der Waals surface area contributed by atoms with Gasteiger partial charge in [0.25, 0.3) is 0 Å². The number of nitrogens with one attached hydrogen (secondary N) is 1. The minimum absolute atomic E-state index is 0.325. The van der Waals surface area contributed by atoms with Crippen LogP contribution in [0.1, 0.15) is 24.4 Å². The molecule has 0 amide bonds. The van der Waals surface area contributed by atoms with Crippen LogP contribution in [0, 0.1) is 5.92 Å². The predicted octanol–water partition coefficient (Wildman–Crippen LogP) is 4.16.